The van der Waals surface area contributed by atoms with Gasteiger partial charge in [-0.2, -0.15) is 0 Å². The Hall–Kier alpha value is -2.12. The van der Waals surface area contributed by atoms with Crippen molar-refractivity contribution < 1.29 is 4.79 Å². The predicted octanol–water partition coefficient (Wildman–Crippen LogP) is 3.48. The molecule has 0 saturated heterocycles. The van der Waals surface area contributed by atoms with Crippen molar-refractivity contribution in [1.82, 2.24) is 15.0 Å². The Morgan fingerprint density at radius 1 is 1.33 bits per heavy atom. The lowest BCUT2D eigenvalue weighted by molar-refractivity contribution is 0.102. The second-order valence-electron chi connectivity index (χ2n) is 4.20. The second kappa shape index (κ2) is 6.11. The molecule has 0 aromatic carbocycles. The second-order valence-corrected chi connectivity index (χ2v) is 6.23. The van der Waals surface area contributed by atoms with Gasteiger partial charge in [0, 0.05) is 22.7 Å². The molecule has 21 heavy (non-hydrogen) atoms. The van der Waals surface area contributed by atoms with Gasteiger partial charge in [-0.05, 0) is 18.6 Å². The normalized spacial score (nSPS) is 10.5. The topological polar surface area (TPSA) is 67.8 Å². The summed E-state index contributed by atoms with van der Waals surface area (Å²) in [6.07, 6.45) is 5.46. The molecule has 0 radical (unpaired) electrons. The molecular weight excluding hydrogens is 304 g/mol. The number of rotatable bonds is 4. The molecule has 0 aliphatic rings. The van der Waals surface area contributed by atoms with Crippen molar-refractivity contribution in [3.63, 3.8) is 0 Å². The van der Waals surface area contributed by atoms with E-state index < -0.39 is 0 Å². The summed E-state index contributed by atoms with van der Waals surface area (Å²) in [6.45, 7) is 2.13. The van der Waals surface area contributed by atoms with E-state index >= 15 is 0 Å². The number of amides is 1. The summed E-state index contributed by atoms with van der Waals surface area (Å²) in [4.78, 5) is 26.7. The zero-order chi connectivity index (χ0) is 14.7. The van der Waals surface area contributed by atoms with Gasteiger partial charge < -0.3 is 0 Å². The molecule has 0 fully saturated rings. The molecule has 3 heterocycles. The third-order valence-electron chi connectivity index (χ3n) is 2.78. The molecule has 3 aromatic heterocycles. The summed E-state index contributed by atoms with van der Waals surface area (Å²) >= 11 is 3.12. The van der Waals surface area contributed by atoms with Gasteiger partial charge in [0.15, 0.2) is 5.13 Å². The fraction of sp³-hybridized carbons (Fsp3) is 0.143. The SMILES string of the molecule is CCc1ccc(-c2csc(NC(=O)c3cnccn3)n2)s1. The molecule has 3 rings (SSSR count). The first-order valence-corrected chi connectivity index (χ1v) is 8.08. The highest BCUT2D eigenvalue weighted by Crippen LogP contribution is 2.31. The Morgan fingerprint density at radius 3 is 2.95 bits per heavy atom. The van der Waals surface area contributed by atoms with Crippen molar-refractivity contribution in [2.45, 2.75) is 13.3 Å². The fourth-order valence-corrected chi connectivity index (χ4v) is 3.42. The van der Waals surface area contributed by atoms with Crippen LogP contribution in [0.3, 0.4) is 0 Å². The standard InChI is InChI=1S/C14H12N4OS2/c1-2-9-3-4-12(21-9)11-8-20-14(17-11)18-13(19)10-7-15-5-6-16-10/h3-8H,2H2,1H3,(H,17,18,19). The zero-order valence-electron chi connectivity index (χ0n) is 11.2. The molecule has 1 N–H and O–H groups in total. The van der Waals surface area contributed by atoms with Crippen LogP contribution in [0.2, 0.25) is 0 Å². The van der Waals surface area contributed by atoms with Crippen LogP contribution in [0.4, 0.5) is 5.13 Å². The quantitative estimate of drug-likeness (QED) is 0.800. The molecule has 0 spiro atoms. The lowest BCUT2D eigenvalue weighted by Gasteiger charge is -1.99. The number of aryl methyl sites for hydroxylation is 1. The number of anilines is 1. The summed E-state index contributed by atoms with van der Waals surface area (Å²) in [7, 11) is 0. The molecular formula is C14H12N4OS2. The number of hydrogen-bond donors (Lipinski definition) is 1. The van der Waals surface area contributed by atoms with Gasteiger partial charge in [-0.25, -0.2) is 9.97 Å². The van der Waals surface area contributed by atoms with Crippen LogP contribution in [0.25, 0.3) is 10.6 Å². The van der Waals surface area contributed by atoms with Crippen LogP contribution in [-0.2, 0) is 6.42 Å². The van der Waals surface area contributed by atoms with Crippen molar-refractivity contribution in [3.8, 4) is 10.6 Å². The number of thiophene rings is 1. The molecule has 0 aliphatic carbocycles. The van der Waals surface area contributed by atoms with Gasteiger partial charge in [0.2, 0.25) is 0 Å². The van der Waals surface area contributed by atoms with E-state index in [4.69, 9.17) is 0 Å². The van der Waals surface area contributed by atoms with E-state index in [0.29, 0.717) is 5.13 Å². The van der Waals surface area contributed by atoms with Crippen molar-refractivity contribution in [2.24, 2.45) is 0 Å². The van der Waals surface area contributed by atoms with Crippen LogP contribution < -0.4 is 5.32 Å². The van der Waals surface area contributed by atoms with Crippen LogP contribution >= 0.6 is 22.7 Å². The van der Waals surface area contributed by atoms with Gasteiger partial charge in [-0.1, -0.05) is 6.92 Å². The van der Waals surface area contributed by atoms with Crippen molar-refractivity contribution in [1.29, 1.82) is 0 Å². The third-order valence-corrected chi connectivity index (χ3v) is 4.79. The van der Waals surface area contributed by atoms with Gasteiger partial charge in [0.1, 0.15) is 5.69 Å². The number of hydrogen-bond acceptors (Lipinski definition) is 6. The van der Waals surface area contributed by atoms with E-state index in [1.807, 2.05) is 5.38 Å². The van der Waals surface area contributed by atoms with Gasteiger partial charge in [0.05, 0.1) is 16.8 Å². The van der Waals surface area contributed by atoms with Gasteiger partial charge >= 0.3 is 0 Å². The Balaban J connectivity index is 1.75. The number of thiazole rings is 1. The largest absolute Gasteiger partial charge is 0.296 e. The van der Waals surface area contributed by atoms with Crippen LogP contribution in [0.15, 0.2) is 36.1 Å². The summed E-state index contributed by atoms with van der Waals surface area (Å²) in [6, 6.07) is 4.17. The average molecular weight is 316 g/mol. The van der Waals surface area contributed by atoms with Gasteiger partial charge in [0.25, 0.3) is 5.91 Å². The highest BCUT2D eigenvalue weighted by Gasteiger charge is 2.12. The van der Waals surface area contributed by atoms with E-state index in [0.717, 1.165) is 17.0 Å². The van der Waals surface area contributed by atoms with E-state index in [1.54, 1.807) is 11.3 Å². The van der Waals surface area contributed by atoms with Crippen LogP contribution in [0.1, 0.15) is 22.3 Å². The Labute approximate surface area is 129 Å². The molecule has 0 bridgehead atoms. The smallest absolute Gasteiger partial charge is 0.277 e. The molecule has 0 saturated carbocycles. The minimum atomic E-state index is -0.301. The summed E-state index contributed by atoms with van der Waals surface area (Å²) in [5, 5.41) is 5.24. The molecule has 0 atom stereocenters. The van der Waals surface area contributed by atoms with E-state index in [2.05, 4.69) is 39.3 Å². The molecule has 106 valence electrons. The zero-order valence-corrected chi connectivity index (χ0v) is 12.9. The van der Waals surface area contributed by atoms with E-state index in [1.165, 1.54) is 34.8 Å². The molecule has 5 nitrogen and oxygen atoms in total. The highest BCUT2D eigenvalue weighted by atomic mass is 32.1. The van der Waals surface area contributed by atoms with Crippen molar-refractivity contribution in [3.05, 3.63) is 46.7 Å². The van der Waals surface area contributed by atoms with Crippen LogP contribution in [-0.4, -0.2) is 20.9 Å². The number of aromatic nitrogens is 3. The molecule has 0 aliphatic heterocycles. The summed E-state index contributed by atoms with van der Waals surface area (Å²) < 4.78 is 0. The summed E-state index contributed by atoms with van der Waals surface area (Å²) in [5.41, 5.74) is 1.16. The molecule has 0 unspecified atom stereocenters. The van der Waals surface area contributed by atoms with Crippen molar-refractivity contribution >= 4 is 33.7 Å². The Bertz CT molecular complexity index is 751. The van der Waals surface area contributed by atoms with E-state index in [9.17, 15) is 4.79 Å². The Kier molecular flexibility index (Phi) is 4.03. The Morgan fingerprint density at radius 2 is 2.24 bits per heavy atom. The lowest BCUT2D eigenvalue weighted by atomic mass is 10.3. The number of carbonyl (C=O) groups excluding carboxylic acids is 1. The number of carbonyl (C=O) groups is 1. The number of nitrogens with zero attached hydrogens (tertiary/aromatic N) is 3. The van der Waals surface area contributed by atoms with Gasteiger partial charge in [-0.15, -0.1) is 22.7 Å². The number of nitrogens with one attached hydrogen (secondary N) is 1. The lowest BCUT2D eigenvalue weighted by Crippen LogP contribution is -2.13. The first kappa shape index (κ1) is 13.8. The maximum atomic E-state index is 12.0. The van der Waals surface area contributed by atoms with Gasteiger partial charge in [-0.3, -0.25) is 15.1 Å². The maximum Gasteiger partial charge on any atom is 0.277 e. The van der Waals surface area contributed by atoms with E-state index in [-0.39, 0.29) is 11.6 Å². The first-order chi connectivity index (χ1) is 10.3. The predicted molar refractivity (Wildman–Crippen MR) is 84.8 cm³/mol. The summed E-state index contributed by atoms with van der Waals surface area (Å²) in [5.74, 6) is -0.301. The van der Waals surface area contributed by atoms with Crippen molar-refractivity contribution in [2.75, 3.05) is 5.32 Å². The van der Waals surface area contributed by atoms with Crippen LogP contribution in [0.5, 0.6) is 0 Å². The minimum absolute atomic E-state index is 0.277. The minimum Gasteiger partial charge on any atom is -0.296 e. The highest BCUT2D eigenvalue weighted by molar-refractivity contribution is 7.17. The molecule has 3 aromatic rings. The molecule has 7 heteroatoms. The maximum absolute atomic E-state index is 12.0. The van der Waals surface area contributed by atoms with Crippen LogP contribution in [0, 0.1) is 0 Å². The molecule has 1 amide bonds. The first-order valence-electron chi connectivity index (χ1n) is 6.38. The monoisotopic (exact) mass is 316 g/mol. The third kappa shape index (κ3) is 3.14. The average Bonchev–Trinajstić information content (AvgIpc) is 3.16. The fourth-order valence-electron chi connectivity index (χ4n) is 1.73.